The molecule has 2 atom stereocenters. The number of benzene rings is 2. The second kappa shape index (κ2) is 10.0. The molecule has 10 heteroatoms. The van der Waals surface area contributed by atoms with Gasteiger partial charge in [0.25, 0.3) is 0 Å². The Morgan fingerprint density at radius 1 is 1.05 bits per heavy atom. The first-order valence-electron chi connectivity index (χ1n) is 12.5. The van der Waals surface area contributed by atoms with Crippen LogP contribution in [0.25, 0.3) is 10.8 Å². The lowest BCUT2D eigenvalue weighted by molar-refractivity contribution is -0.185. The zero-order valence-corrected chi connectivity index (χ0v) is 20.7. The predicted molar refractivity (Wildman–Crippen MR) is 126 cm³/mol. The number of hydrogen-bond acceptors (Lipinski definition) is 3. The van der Waals surface area contributed by atoms with Gasteiger partial charge in [0.15, 0.2) is 0 Å². The number of ether oxygens (including phenoxy) is 1. The number of nitrogens with one attached hydrogen (secondary N) is 1. The third-order valence-corrected chi connectivity index (χ3v) is 8.13. The number of carboxylic acids is 1. The van der Waals surface area contributed by atoms with Crippen LogP contribution in [0.2, 0.25) is 0 Å². The van der Waals surface area contributed by atoms with E-state index in [1.54, 1.807) is 18.2 Å². The molecule has 4 nitrogen and oxygen atoms in total. The molecule has 2 aliphatic carbocycles. The first kappa shape index (κ1) is 27.5. The highest BCUT2D eigenvalue weighted by Gasteiger charge is 2.51. The SMILES string of the molecule is CC1(C)C(C(=O)O)C[C@H]1NCCc1ccc2c(C(F)(F)F)c(O[C@H]3CC[C@@H](C(F)(F)F)CC3)ccc2c1. The van der Waals surface area contributed by atoms with Crippen LogP contribution in [0.4, 0.5) is 26.3 Å². The van der Waals surface area contributed by atoms with Gasteiger partial charge in [-0.3, -0.25) is 4.79 Å². The molecule has 4 rings (SSSR count). The van der Waals surface area contributed by atoms with E-state index in [9.17, 15) is 36.2 Å². The molecule has 0 aliphatic heterocycles. The number of fused-ring (bicyclic) bond motifs is 1. The highest BCUT2D eigenvalue weighted by Crippen LogP contribution is 2.46. The van der Waals surface area contributed by atoms with E-state index in [-0.39, 0.29) is 48.3 Å². The maximum Gasteiger partial charge on any atom is 0.420 e. The van der Waals surface area contributed by atoms with Gasteiger partial charge in [-0.15, -0.1) is 0 Å². The van der Waals surface area contributed by atoms with Gasteiger partial charge in [-0.2, -0.15) is 26.3 Å². The number of aliphatic carboxylic acids is 1. The molecule has 0 heterocycles. The van der Waals surface area contributed by atoms with Crippen molar-refractivity contribution in [1.29, 1.82) is 0 Å². The molecule has 2 aromatic rings. The quantitative estimate of drug-likeness (QED) is 0.378. The van der Waals surface area contributed by atoms with Crippen LogP contribution in [0, 0.1) is 17.3 Å². The highest BCUT2D eigenvalue weighted by atomic mass is 19.4. The van der Waals surface area contributed by atoms with E-state index in [2.05, 4.69) is 5.32 Å². The summed E-state index contributed by atoms with van der Waals surface area (Å²) >= 11 is 0. The van der Waals surface area contributed by atoms with Crippen LogP contribution in [0.15, 0.2) is 30.3 Å². The van der Waals surface area contributed by atoms with Gasteiger partial charge in [-0.25, -0.2) is 0 Å². The molecule has 2 aromatic carbocycles. The highest BCUT2D eigenvalue weighted by molar-refractivity contribution is 5.89. The Bertz CT molecular complexity index is 1140. The van der Waals surface area contributed by atoms with Crippen LogP contribution in [-0.4, -0.2) is 35.9 Å². The van der Waals surface area contributed by atoms with Crippen molar-refractivity contribution in [2.75, 3.05) is 6.54 Å². The smallest absolute Gasteiger partial charge is 0.420 e. The van der Waals surface area contributed by atoms with Crippen LogP contribution < -0.4 is 10.1 Å². The van der Waals surface area contributed by atoms with Crippen LogP contribution in [0.1, 0.15) is 57.1 Å². The normalized spacial score (nSPS) is 26.1. The second-order valence-electron chi connectivity index (χ2n) is 10.8. The number of carbonyl (C=O) groups is 1. The van der Waals surface area contributed by atoms with Crippen molar-refractivity contribution >= 4 is 16.7 Å². The Morgan fingerprint density at radius 3 is 2.30 bits per heavy atom. The molecule has 0 radical (unpaired) electrons. The minimum absolute atomic E-state index is 0.0184. The summed E-state index contributed by atoms with van der Waals surface area (Å²) in [7, 11) is 0. The number of carboxylic acid groups (broad SMARTS) is 1. The van der Waals surface area contributed by atoms with E-state index in [1.165, 1.54) is 12.1 Å². The van der Waals surface area contributed by atoms with E-state index < -0.39 is 41.8 Å². The summed E-state index contributed by atoms with van der Waals surface area (Å²) in [6.07, 6.45) is -8.81. The number of alkyl halides is 6. The number of hydrogen-bond donors (Lipinski definition) is 2. The summed E-state index contributed by atoms with van der Waals surface area (Å²) in [5, 5.41) is 13.0. The van der Waals surface area contributed by atoms with Crippen molar-refractivity contribution in [3.05, 3.63) is 41.5 Å². The molecule has 204 valence electrons. The van der Waals surface area contributed by atoms with Gasteiger partial charge in [0.1, 0.15) is 11.3 Å². The Hall–Kier alpha value is -2.49. The first-order chi connectivity index (χ1) is 17.2. The zero-order chi connectivity index (χ0) is 27.2. The first-order valence-corrected chi connectivity index (χ1v) is 12.5. The monoisotopic (exact) mass is 531 g/mol. The fraction of sp³-hybridized carbons (Fsp3) is 0.593. The van der Waals surface area contributed by atoms with E-state index in [0.717, 1.165) is 5.56 Å². The lowest BCUT2D eigenvalue weighted by atomic mass is 9.58. The summed E-state index contributed by atoms with van der Waals surface area (Å²) < 4.78 is 86.6. The fourth-order valence-corrected chi connectivity index (χ4v) is 5.67. The maximum absolute atomic E-state index is 14.1. The maximum atomic E-state index is 14.1. The molecular formula is C27H31F6NO3. The van der Waals surface area contributed by atoms with Gasteiger partial charge in [0.05, 0.1) is 17.9 Å². The minimum atomic E-state index is -4.70. The van der Waals surface area contributed by atoms with E-state index >= 15 is 0 Å². The third kappa shape index (κ3) is 5.84. The standard InChI is InChI=1S/C27H31F6NO3/c1-25(2)20(24(35)36)14-22(25)34-12-11-15-3-9-19-16(13-15)4-10-21(23(19)27(31,32)33)37-18-7-5-17(6-8-18)26(28,29)30/h3-4,9-10,13,17-18,20,22,34H,5-8,11-12,14H2,1-2H3,(H,35,36)/t17-,18+,20?,22-/m1/s1. The van der Waals surface area contributed by atoms with E-state index in [1.807, 2.05) is 13.8 Å². The van der Waals surface area contributed by atoms with Crippen molar-refractivity contribution in [1.82, 2.24) is 5.32 Å². The average molecular weight is 532 g/mol. The molecule has 2 saturated carbocycles. The molecule has 1 unspecified atom stereocenters. The van der Waals surface area contributed by atoms with E-state index in [4.69, 9.17) is 4.74 Å². The fourth-order valence-electron chi connectivity index (χ4n) is 5.67. The number of halogens is 6. The zero-order valence-electron chi connectivity index (χ0n) is 20.7. The molecule has 0 spiro atoms. The largest absolute Gasteiger partial charge is 0.490 e. The Labute approximate surface area is 211 Å². The molecule has 2 aliphatic rings. The molecule has 0 saturated heterocycles. The summed E-state index contributed by atoms with van der Waals surface area (Å²) in [5.74, 6) is -3.00. The molecule has 2 N–H and O–H groups in total. The van der Waals surface area contributed by atoms with Crippen LogP contribution in [0.3, 0.4) is 0 Å². The second-order valence-corrected chi connectivity index (χ2v) is 10.8. The molecule has 0 amide bonds. The Balaban J connectivity index is 1.45. The van der Waals surface area contributed by atoms with Crippen LogP contribution in [-0.2, 0) is 17.4 Å². The van der Waals surface area contributed by atoms with Crippen LogP contribution >= 0.6 is 0 Å². The summed E-state index contributed by atoms with van der Waals surface area (Å²) in [5.41, 5.74) is -0.457. The van der Waals surface area contributed by atoms with Gasteiger partial charge in [-0.05, 0) is 72.9 Å². The topological polar surface area (TPSA) is 58.6 Å². The molecule has 0 bridgehead atoms. The molecule has 0 aromatic heterocycles. The van der Waals surface area contributed by atoms with Gasteiger partial charge >= 0.3 is 18.3 Å². The predicted octanol–water partition coefficient (Wildman–Crippen LogP) is 6.99. The van der Waals surface area contributed by atoms with Crippen molar-refractivity contribution in [2.45, 2.75) is 76.9 Å². The van der Waals surface area contributed by atoms with Crippen molar-refractivity contribution in [3.8, 4) is 5.75 Å². The van der Waals surface area contributed by atoms with Gasteiger partial charge in [0.2, 0.25) is 0 Å². The van der Waals surface area contributed by atoms with Gasteiger partial charge < -0.3 is 15.2 Å². The summed E-state index contributed by atoms with van der Waals surface area (Å²) in [4.78, 5) is 11.3. The van der Waals surface area contributed by atoms with Crippen molar-refractivity contribution < 1.29 is 41.0 Å². The molecule has 37 heavy (non-hydrogen) atoms. The van der Waals surface area contributed by atoms with Crippen LogP contribution in [0.5, 0.6) is 5.75 Å². The molecule has 2 fully saturated rings. The lowest BCUT2D eigenvalue weighted by Crippen LogP contribution is -2.59. The molecular weight excluding hydrogens is 500 g/mol. The Kier molecular flexibility index (Phi) is 7.44. The minimum Gasteiger partial charge on any atom is -0.490 e. The summed E-state index contributed by atoms with van der Waals surface area (Å²) in [6, 6.07) is 7.59. The van der Waals surface area contributed by atoms with Crippen molar-refractivity contribution in [2.24, 2.45) is 17.3 Å². The Morgan fingerprint density at radius 2 is 1.73 bits per heavy atom. The van der Waals surface area contributed by atoms with E-state index in [0.29, 0.717) is 24.8 Å². The summed E-state index contributed by atoms with van der Waals surface area (Å²) in [6.45, 7) is 4.37. The lowest BCUT2D eigenvalue weighted by Gasteiger charge is -2.50. The van der Waals surface area contributed by atoms with Crippen molar-refractivity contribution in [3.63, 3.8) is 0 Å². The van der Waals surface area contributed by atoms with Gasteiger partial charge in [0, 0.05) is 6.04 Å². The third-order valence-electron chi connectivity index (χ3n) is 8.13. The van der Waals surface area contributed by atoms with Gasteiger partial charge in [-0.1, -0.05) is 38.1 Å². The average Bonchev–Trinajstić information content (AvgIpc) is 2.79. The number of rotatable bonds is 7.